The van der Waals surface area contributed by atoms with Crippen LogP contribution in [-0.4, -0.2) is 51.2 Å². The summed E-state index contributed by atoms with van der Waals surface area (Å²) in [6.45, 7) is 4.25. The molecule has 0 radical (unpaired) electrons. The van der Waals surface area contributed by atoms with E-state index in [0.29, 0.717) is 23.3 Å². The van der Waals surface area contributed by atoms with Gasteiger partial charge in [-0.2, -0.15) is 4.98 Å². The highest BCUT2D eigenvalue weighted by Crippen LogP contribution is 2.27. The predicted octanol–water partition coefficient (Wildman–Crippen LogP) is 3.72. The van der Waals surface area contributed by atoms with E-state index in [9.17, 15) is 0 Å². The second-order valence-electron chi connectivity index (χ2n) is 6.62. The second kappa shape index (κ2) is 7.46. The lowest BCUT2D eigenvalue weighted by molar-refractivity contribution is 0.215. The molecule has 0 saturated carbocycles. The molecule has 3 aromatic heterocycles. The summed E-state index contributed by atoms with van der Waals surface area (Å²) in [4.78, 5) is 19.0. The molecule has 0 atom stereocenters. The van der Waals surface area contributed by atoms with Crippen molar-refractivity contribution >= 4 is 39.0 Å². The summed E-state index contributed by atoms with van der Waals surface area (Å²) in [6.07, 6.45) is 1.65. The lowest BCUT2D eigenvalue weighted by Crippen LogP contribution is -2.46. The number of rotatable bonds is 4. The molecule has 1 aliphatic rings. The molecule has 0 amide bonds. The molecule has 0 N–H and O–H groups in total. The van der Waals surface area contributed by atoms with Crippen LogP contribution in [0.15, 0.2) is 46.6 Å². The van der Waals surface area contributed by atoms with Crippen molar-refractivity contribution in [3.8, 4) is 11.4 Å². The van der Waals surface area contributed by atoms with Gasteiger partial charge in [0.25, 0.3) is 0 Å². The maximum Gasteiger partial charge on any atom is 0.241 e. The van der Waals surface area contributed by atoms with E-state index >= 15 is 0 Å². The molecular weight excluding hydrogens is 396 g/mol. The van der Waals surface area contributed by atoms with Gasteiger partial charge in [-0.05, 0) is 23.6 Å². The second-order valence-corrected chi connectivity index (χ2v) is 7.95. The first-order valence-corrected chi connectivity index (χ1v) is 10.3. The van der Waals surface area contributed by atoms with Crippen molar-refractivity contribution in [3.63, 3.8) is 0 Å². The first kappa shape index (κ1) is 17.5. The average molecular weight is 413 g/mol. The van der Waals surface area contributed by atoms with Gasteiger partial charge in [0.1, 0.15) is 17.0 Å². The van der Waals surface area contributed by atoms with Crippen molar-refractivity contribution in [1.82, 2.24) is 25.0 Å². The zero-order chi connectivity index (χ0) is 18.9. The third-order valence-electron chi connectivity index (χ3n) is 4.82. The minimum absolute atomic E-state index is 0.567. The van der Waals surface area contributed by atoms with Crippen LogP contribution in [0.4, 0.5) is 5.82 Å². The standard InChI is InChI=1S/C19H17ClN6OS/c20-14-3-1-2-13(10-14)17-23-16(27-24-17)11-25-5-7-26(8-6-25)18-15-4-9-28-19(15)22-12-21-18/h1-4,9-10,12H,5-8,11H2. The Hall–Kier alpha value is -2.55. The number of aromatic nitrogens is 4. The monoisotopic (exact) mass is 412 g/mol. The van der Waals surface area contributed by atoms with Gasteiger partial charge in [0.2, 0.25) is 11.7 Å². The van der Waals surface area contributed by atoms with Crippen LogP contribution in [0.25, 0.3) is 21.6 Å². The van der Waals surface area contributed by atoms with E-state index in [2.05, 4.69) is 41.4 Å². The van der Waals surface area contributed by atoms with E-state index in [1.807, 2.05) is 24.3 Å². The summed E-state index contributed by atoms with van der Waals surface area (Å²) in [6, 6.07) is 9.56. The zero-order valence-electron chi connectivity index (χ0n) is 15.0. The summed E-state index contributed by atoms with van der Waals surface area (Å²) >= 11 is 7.69. The smallest absolute Gasteiger partial charge is 0.241 e. The molecule has 0 unspecified atom stereocenters. The Morgan fingerprint density at radius 2 is 2.00 bits per heavy atom. The minimum atomic E-state index is 0.567. The third kappa shape index (κ3) is 3.46. The lowest BCUT2D eigenvalue weighted by Gasteiger charge is -2.34. The van der Waals surface area contributed by atoms with E-state index < -0.39 is 0 Å². The van der Waals surface area contributed by atoms with E-state index in [0.717, 1.165) is 47.8 Å². The molecule has 4 aromatic rings. The van der Waals surface area contributed by atoms with Gasteiger partial charge in [0.15, 0.2) is 0 Å². The first-order chi connectivity index (χ1) is 13.8. The number of fused-ring (bicyclic) bond motifs is 1. The fourth-order valence-electron chi connectivity index (χ4n) is 3.40. The number of thiophene rings is 1. The molecule has 1 aromatic carbocycles. The van der Waals surface area contributed by atoms with E-state index in [4.69, 9.17) is 16.1 Å². The molecule has 1 aliphatic heterocycles. The molecule has 142 valence electrons. The van der Waals surface area contributed by atoms with Crippen molar-refractivity contribution < 1.29 is 4.52 Å². The van der Waals surface area contributed by atoms with Gasteiger partial charge >= 0.3 is 0 Å². The average Bonchev–Trinajstić information content (AvgIpc) is 3.38. The molecule has 7 nitrogen and oxygen atoms in total. The summed E-state index contributed by atoms with van der Waals surface area (Å²) in [7, 11) is 0. The fraction of sp³-hybridized carbons (Fsp3) is 0.263. The SMILES string of the molecule is Clc1cccc(-c2noc(CN3CCN(c4ncnc5sccc45)CC3)n2)c1. The highest BCUT2D eigenvalue weighted by atomic mass is 35.5. The number of nitrogens with zero attached hydrogens (tertiary/aromatic N) is 6. The number of piperazine rings is 1. The summed E-state index contributed by atoms with van der Waals surface area (Å²) in [5, 5.41) is 7.93. The summed E-state index contributed by atoms with van der Waals surface area (Å²) in [5.74, 6) is 2.20. The van der Waals surface area contributed by atoms with Gasteiger partial charge in [-0.15, -0.1) is 11.3 Å². The third-order valence-corrected chi connectivity index (χ3v) is 5.88. The number of hydrogen-bond donors (Lipinski definition) is 0. The summed E-state index contributed by atoms with van der Waals surface area (Å²) in [5.41, 5.74) is 0.857. The van der Waals surface area contributed by atoms with Crippen LogP contribution in [0.3, 0.4) is 0 Å². The van der Waals surface area contributed by atoms with Crippen LogP contribution in [0, 0.1) is 0 Å². The Morgan fingerprint density at radius 3 is 2.86 bits per heavy atom. The maximum absolute atomic E-state index is 6.04. The number of benzene rings is 1. The maximum atomic E-state index is 6.04. The van der Waals surface area contributed by atoms with Gasteiger partial charge in [0.05, 0.1) is 11.9 Å². The van der Waals surface area contributed by atoms with Gasteiger partial charge in [-0.1, -0.05) is 28.9 Å². The Morgan fingerprint density at radius 1 is 1.11 bits per heavy atom. The molecule has 0 spiro atoms. The molecule has 1 saturated heterocycles. The van der Waals surface area contributed by atoms with E-state index in [-0.39, 0.29) is 0 Å². The van der Waals surface area contributed by atoms with Crippen molar-refractivity contribution in [1.29, 1.82) is 0 Å². The molecule has 0 aliphatic carbocycles. The quantitative estimate of drug-likeness (QED) is 0.505. The van der Waals surface area contributed by atoms with Crippen LogP contribution >= 0.6 is 22.9 Å². The summed E-state index contributed by atoms with van der Waals surface area (Å²) < 4.78 is 5.44. The van der Waals surface area contributed by atoms with Crippen molar-refractivity contribution in [3.05, 3.63) is 53.0 Å². The van der Waals surface area contributed by atoms with Crippen LogP contribution < -0.4 is 4.90 Å². The molecule has 9 heteroatoms. The Balaban J connectivity index is 1.24. The molecule has 1 fully saturated rings. The van der Waals surface area contributed by atoms with Crippen LogP contribution in [0.5, 0.6) is 0 Å². The minimum Gasteiger partial charge on any atom is -0.353 e. The topological polar surface area (TPSA) is 71.2 Å². The number of hydrogen-bond acceptors (Lipinski definition) is 8. The fourth-order valence-corrected chi connectivity index (χ4v) is 4.32. The molecule has 4 heterocycles. The van der Waals surface area contributed by atoms with Crippen molar-refractivity contribution in [2.45, 2.75) is 6.54 Å². The number of halogens is 1. The van der Waals surface area contributed by atoms with E-state index in [1.165, 1.54) is 0 Å². The Labute approximate surface area is 170 Å². The molecular formula is C19H17ClN6OS. The Kier molecular flexibility index (Phi) is 4.67. The highest BCUT2D eigenvalue weighted by molar-refractivity contribution is 7.16. The number of anilines is 1. The molecule has 0 bridgehead atoms. The zero-order valence-corrected chi connectivity index (χ0v) is 16.5. The van der Waals surface area contributed by atoms with Gasteiger partial charge in [-0.3, -0.25) is 4.90 Å². The van der Waals surface area contributed by atoms with Gasteiger partial charge in [-0.25, -0.2) is 9.97 Å². The normalized spacial score (nSPS) is 15.4. The van der Waals surface area contributed by atoms with Crippen LogP contribution in [-0.2, 0) is 6.54 Å². The molecule has 28 heavy (non-hydrogen) atoms. The molecule has 5 rings (SSSR count). The Bertz CT molecular complexity index is 1100. The highest BCUT2D eigenvalue weighted by Gasteiger charge is 2.22. The van der Waals surface area contributed by atoms with Crippen molar-refractivity contribution in [2.24, 2.45) is 0 Å². The van der Waals surface area contributed by atoms with Crippen LogP contribution in [0.2, 0.25) is 5.02 Å². The lowest BCUT2D eigenvalue weighted by atomic mass is 10.2. The largest absolute Gasteiger partial charge is 0.353 e. The predicted molar refractivity (Wildman–Crippen MR) is 110 cm³/mol. The van der Waals surface area contributed by atoms with Crippen LogP contribution in [0.1, 0.15) is 5.89 Å². The van der Waals surface area contributed by atoms with E-state index in [1.54, 1.807) is 17.7 Å². The first-order valence-electron chi connectivity index (χ1n) is 9.00. The van der Waals surface area contributed by atoms with Crippen molar-refractivity contribution in [2.75, 3.05) is 31.1 Å². The van der Waals surface area contributed by atoms with Gasteiger partial charge < -0.3 is 9.42 Å². The van der Waals surface area contributed by atoms with Gasteiger partial charge in [0, 0.05) is 36.8 Å².